The number of benzene rings is 2. The lowest BCUT2D eigenvalue weighted by Gasteiger charge is -2.13. The first kappa shape index (κ1) is 20.6. The van der Waals surface area contributed by atoms with E-state index in [-0.39, 0.29) is 18.8 Å². The van der Waals surface area contributed by atoms with E-state index in [1.54, 1.807) is 25.1 Å². The van der Waals surface area contributed by atoms with Gasteiger partial charge in [-0.15, -0.1) is 0 Å². The van der Waals surface area contributed by atoms with Crippen LogP contribution in [0, 0.1) is 20.8 Å². The molecule has 0 saturated heterocycles. The monoisotopic (exact) mass is 411 g/mol. The summed E-state index contributed by atoms with van der Waals surface area (Å²) in [5.41, 5.74) is 2.72. The molecule has 3 rings (SSSR count). The summed E-state index contributed by atoms with van der Waals surface area (Å²) in [5, 5.41) is 7.38. The first-order chi connectivity index (χ1) is 13.9. The van der Waals surface area contributed by atoms with Gasteiger partial charge >= 0.3 is 0 Å². The molecule has 0 saturated carbocycles. The van der Waals surface area contributed by atoms with Crippen LogP contribution in [-0.2, 0) is 0 Å². The third-order valence-corrected chi connectivity index (χ3v) is 4.70. The van der Waals surface area contributed by atoms with Crippen LogP contribution in [0.2, 0.25) is 5.02 Å². The van der Waals surface area contributed by atoms with Gasteiger partial charge in [-0.1, -0.05) is 41.4 Å². The molecule has 1 amide bonds. The van der Waals surface area contributed by atoms with Crippen LogP contribution in [0.4, 0.5) is 0 Å². The molecule has 0 atom stereocenters. The molecule has 1 N–H and O–H groups in total. The van der Waals surface area contributed by atoms with Crippen molar-refractivity contribution in [2.24, 2.45) is 0 Å². The van der Waals surface area contributed by atoms with Crippen LogP contribution in [0.5, 0.6) is 5.75 Å². The lowest BCUT2D eigenvalue weighted by Crippen LogP contribution is -2.34. The zero-order chi connectivity index (χ0) is 21.0. The second-order valence-electron chi connectivity index (χ2n) is 6.74. The van der Waals surface area contributed by atoms with Crippen molar-refractivity contribution < 1.29 is 9.53 Å². The SMILES string of the molecule is Cc1ccc(OCCNC(=O)c2nn(-c3ccccc3Cl)c(C)cc2=O)c(C)c1. The number of nitrogens with zero attached hydrogens (tertiary/aromatic N) is 2. The van der Waals surface area contributed by atoms with E-state index in [4.69, 9.17) is 16.3 Å². The summed E-state index contributed by atoms with van der Waals surface area (Å²) in [6.45, 7) is 6.24. The lowest BCUT2D eigenvalue weighted by molar-refractivity contribution is 0.0939. The van der Waals surface area contributed by atoms with Gasteiger partial charge in [-0.05, 0) is 44.5 Å². The van der Waals surface area contributed by atoms with Crippen molar-refractivity contribution in [1.82, 2.24) is 15.1 Å². The Kier molecular flexibility index (Phi) is 6.34. The van der Waals surface area contributed by atoms with Crippen LogP contribution in [-0.4, -0.2) is 28.8 Å². The van der Waals surface area contributed by atoms with E-state index in [0.717, 1.165) is 16.9 Å². The van der Waals surface area contributed by atoms with Crippen LogP contribution in [0.1, 0.15) is 27.3 Å². The Labute approximate surface area is 174 Å². The van der Waals surface area contributed by atoms with Gasteiger partial charge in [0.05, 0.1) is 17.3 Å². The minimum atomic E-state index is -0.556. The molecule has 7 heteroatoms. The van der Waals surface area contributed by atoms with Gasteiger partial charge in [-0.25, -0.2) is 4.68 Å². The maximum absolute atomic E-state index is 12.5. The Morgan fingerprint density at radius 3 is 2.62 bits per heavy atom. The van der Waals surface area contributed by atoms with E-state index in [1.165, 1.54) is 10.7 Å². The number of nitrogens with one attached hydrogen (secondary N) is 1. The molecule has 3 aromatic rings. The molecule has 0 aliphatic rings. The van der Waals surface area contributed by atoms with Crippen molar-refractivity contribution in [2.45, 2.75) is 20.8 Å². The predicted octanol–water partition coefficient (Wildman–Crippen LogP) is 3.62. The fraction of sp³-hybridized carbons (Fsp3) is 0.227. The van der Waals surface area contributed by atoms with E-state index in [0.29, 0.717) is 16.4 Å². The highest BCUT2D eigenvalue weighted by atomic mass is 35.5. The topological polar surface area (TPSA) is 73.2 Å². The number of carbonyl (C=O) groups is 1. The van der Waals surface area contributed by atoms with Crippen LogP contribution in [0.25, 0.3) is 5.69 Å². The van der Waals surface area contributed by atoms with Crippen molar-refractivity contribution in [2.75, 3.05) is 13.2 Å². The molecule has 0 radical (unpaired) electrons. The van der Waals surface area contributed by atoms with Gasteiger partial charge in [0, 0.05) is 11.8 Å². The number of carbonyl (C=O) groups excluding carboxylic acids is 1. The number of rotatable bonds is 6. The Balaban J connectivity index is 1.70. The molecule has 0 aliphatic heterocycles. The van der Waals surface area contributed by atoms with E-state index >= 15 is 0 Å². The van der Waals surface area contributed by atoms with Gasteiger partial charge in [0.25, 0.3) is 5.91 Å². The second kappa shape index (κ2) is 8.92. The molecule has 29 heavy (non-hydrogen) atoms. The predicted molar refractivity (Wildman–Crippen MR) is 113 cm³/mol. The number of aromatic nitrogens is 2. The van der Waals surface area contributed by atoms with Gasteiger partial charge in [-0.2, -0.15) is 5.10 Å². The fourth-order valence-electron chi connectivity index (χ4n) is 2.94. The van der Waals surface area contributed by atoms with Gasteiger partial charge in [0.1, 0.15) is 12.4 Å². The Morgan fingerprint density at radius 2 is 1.90 bits per heavy atom. The molecule has 6 nitrogen and oxygen atoms in total. The summed E-state index contributed by atoms with van der Waals surface area (Å²) in [7, 11) is 0. The van der Waals surface area contributed by atoms with Gasteiger partial charge in [0.15, 0.2) is 5.69 Å². The number of halogens is 1. The molecular formula is C22H22ClN3O3. The van der Waals surface area contributed by atoms with Crippen molar-refractivity contribution in [3.8, 4) is 11.4 Å². The van der Waals surface area contributed by atoms with Crippen LogP contribution in [0.15, 0.2) is 53.3 Å². The minimum Gasteiger partial charge on any atom is -0.491 e. The number of amides is 1. The largest absolute Gasteiger partial charge is 0.491 e. The molecule has 0 bridgehead atoms. The highest BCUT2D eigenvalue weighted by Crippen LogP contribution is 2.20. The van der Waals surface area contributed by atoms with Crippen molar-refractivity contribution >= 4 is 17.5 Å². The van der Waals surface area contributed by atoms with Gasteiger partial charge < -0.3 is 10.1 Å². The smallest absolute Gasteiger partial charge is 0.275 e. The Bertz CT molecular complexity index is 1110. The molecule has 0 fully saturated rings. The highest BCUT2D eigenvalue weighted by molar-refractivity contribution is 6.32. The molecule has 1 aromatic heterocycles. The molecule has 0 aliphatic carbocycles. The normalized spacial score (nSPS) is 10.6. The van der Waals surface area contributed by atoms with Gasteiger partial charge in [-0.3, -0.25) is 9.59 Å². The summed E-state index contributed by atoms with van der Waals surface area (Å²) in [6, 6.07) is 14.4. The first-order valence-corrected chi connectivity index (χ1v) is 9.59. The van der Waals surface area contributed by atoms with Crippen molar-refractivity contribution in [3.63, 3.8) is 0 Å². The third-order valence-electron chi connectivity index (χ3n) is 4.38. The summed E-state index contributed by atoms with van der Waals surface area (Å²) in [4.78, 5) is 24.8. The van der Waals surface area contributed by atoms with Crippen LogP contribution in [0.3, 0.4) is 0 Å². The average Bonchev–Trinajstić information content (AvgIpc) is 2.67. The number of para-hydroxylation sites is 1. The molecule has 150 valence electrons. The van der Waals surface area contributed by atoms with Crippen molar-refractivity contribution in [3.05, 3.63) is 86.3 Å². The van der Waals surface area contributed by atoms with Crippen LogP contribution >= 0.6 is 11.6 Å². The zero-order valence-electron chi connectivity index (χ0n) is 16.5. The zero-order valence-corrected chi connectivity index (χ0v) is 17.3. The average molecular weight is 412 g/mol. The molecule has 1 heterocycles. The van der Waals surface area contributed by atoms with E-state index in [2.05, 4.69) is 10.4 Å². The lowest BCUT2D eigenvalue weighted by atomic mass is 10.1. The maximum atomic E-state index is 12.5. The number of hydrogen-bond donors (Lipinski definition) is 1. The molecular weight excluding hydrogens is 390 g/mol. The minimum absolute atomic E-state index is 0.193. The van der Waals surface area contributed by atoms with Gasteiger partial charge in [0.2, 0.25) is 5.43 Å². The Hall–Kier alpha value is -3.12. The summed E-state index contributed by atoms with van der Waals surface area (Å²) >= 11 is 6.23. The standard InChI is InChI=1S/C22H22ClN3O3/c1-14-8-9-20(15(2)12-14)29-11-10-24-22(28)21-19(27)13-16(3)26(25-21)18-7-5-4-6-17(18)23/h4-9,12-13H,10-11H2,1-3H3,(H,24,28). The Morgan fingerprint density at radius 1 is 1.14 bits per heavy atom. The van der Waals surface area contributed by atoms with Crippen molar-refractivity contribution in [1.29, 1.82) is 0 Å². The highest BCUT2D eigenvalue weighted by Gasteiger charge is 2.16. The fourth-order valence-corrected chi connectivity index (χ4v) is 3.16. The first-order valence-electron chi connectivity index (χ1n) is 9.21. The molecule has 2 aromatic carbocycles. The summed E-state index contributed by atoms with van der Waals surface area (Å²) < 4.78 is 7.19. The quantitative estimate of drug-likeness (QED) is 0.629. The van der Waals surface area contributed by atoms with E-state index in [9.17, 15) is 9.59 Å². The maximum Gasteiger partial charge on any atom is 0.275 e. The summed E-state index contributed by atoms with van der Waals surface area (Å²) in [5.74, 6) is 0.208. The molecule has 0 unspecified atom stereocenters. The number of ether oxygens (including phenoxy) is 1. The second-order valence-corrected chi connectivity index (χ2v) is 7.14. The summed E-state index contributed by atoms with van der Waals surface area (Å²) in [6.07, 6.45) is 0. The van der Waals surface area contributed by atoms with E-state index < -0.39 is 11.3 Å². The number of aryl methyl sites for hydroxylation is 3. The number of hydrogen-bond acceptors (Lipinski definition) is 4. The van der Waals surface area contributed by atoms with E-state index in [1.807, 2.05) is 38.1 Å². The molecule has 0 spiro atoms. The van der Waals surface area contributed by atoms with Crippen LogP contribution < -0.4 is 15.5 Å². The third kappa shape index (κ3) is 4.84.